The minimum atomic E-state index is 0.229. The molecule has 0 bridgehead atoms. The Hall–Kier alpha value is -1.02. The summed E-state index contributed by atoms with van der Waals surface area (Å²) in [6.45, 7) is 5.95. The van der Waals surface area contributed by atoms with E-state index >= 15 is 0 Å². The van der Waals surface area contributed by atoms with E-state index in [1.807, 2.05) is 0 Å². The highest BCUT2D eigenvalue weighted by molar-refractivity contribution is 5.57. The molecule has 4 unspecified atom stereocenters. The van der Waals surface area contributed by atoms with E-state index < -0.39 is 0 Å². The van der Waals surface area contributed by atoms with Crippen LogP contribution >= 0.6 is 0 Å². The summed E-state index contributed by atoms with van der Waals surface area (Å²) in [5.74, 6) is 1.74. The molecule has 0 amide bonds. The van der Waals surface area contributed by atoms with Gasteiger partial charge in [-0.15, -0.1) is 0 Å². The monoisotopic (exact) mass is 258 g/mol. The van der Waals surface area contributed by atoms with E-state index in [9.17, 15) is 0 Å². The van der Waals surface area contributed by atoms with Crippen LogP contribution in [0.5, 0.6) is 0 Å². The van der Waals surface area contributed by atoms with Crippen molar-refractivity contribution in [3.8, 4) is 0 Å². The molecule has 4 atom stereocenters. The Bertz CT molecular complexity index is 443. The average Bonchev–Trinajstić information content (AvgIpc) is 2.43. The van der Waals surface area contributed by atoms with E-state index in [-0.39, 0.29) is 6.04 Å². The fraction of sp³-hybridized carbons (Fsp3) is 0.647. The summed E-state index contributed by atoms with van der Waals surface area (Å²) in [6.07, 6.45) is 5.15. The molecule has 0 radical (unpaired) electrons. The minimum Gasteiger partial charge on any atom is -0.368 e. The first kappa shape index (κ1) is 13.0. The molecule has 19 heavy (non-hydrogen) atoms. The molecule has 1 heterocycles. The van der Waals surface area contributed by atoms with Crippen LogP contribution in [0.15, 0.2) is 24.3 Å². The third kappa shape index (κ3) is 2.38. The van der Waals surface area contributed by atoms with Crippen LogP contribution in [-0.4, -0.2) is 12.6 Å². The van der Waals surface area contributed by atoms with Gasteiger partial charge in [-0.1, -0.05) is 32.0 Å². The molecule has 0 aromatic heterocycles. The number of anilines is 1. The van der Waals surface area contributed by atoms with E-state index in [2.05, 4.69) is 43.0 Å². The highest BCUT2D eigenvalue weighted by Crippen LogP contribution is 2.39. The summed E-state index contributed by atoms with van der Waals surface area (Å²) in [4.78, 5) is 2.64. The zero-order valence-corrected chi connectivity index (χ0v) is 12.2. The van der Waals surface area contributed by atoms with Crippen LogP contribution in [0.25, 0.3) is 0 Å². The topological polar surface area (TPSA) is 29.3 Å². The van der Waals surface area contributed by atoms with Gasteiger partial charge in [0.05, 0.1) is 0 Å². The number of nitrogens with zero attached hydrogens (tertiary/aromatic N) is 1. The van der Waals surface area contributed by atoms with Crippen molar-refractivity contribution in [3.63, 3.8) is 0 Å². The lowest BCUT2D eigenvalue weighted by Crippen LogP contribution is -2.44. The Kier molecular flexibility index (Phi) is 3.53. The second-order valence-electron chi connectivity index (χ2n) is 6.57. The van der Waals surface area contributed by atoms with Crippen molar-refractivity contribution >= 4 is 5.69 Å². The molecule has 1 fully saturated rings. The zero-order valence-electron chi connectivity index (χ0n) is 12.2. The predicted molar refractivity (Wildman–Crippen MR) is 81.3 cm³/mol. The van der Waals surface area contributed by atoms with Crippen LogP contribution in [0.3, 0.4) is 0 Å². The Morgan fingerprint density at radius 1 is 1.05 bits per heavy atom. The Balaban J connectivity index is 1.84. The predicted octanol–water partition coefficient (Wildman–Crippen LogP) is 3.72. The lowest BCUT2D eigenvalue weighted by molar-refractivity contribution is 0.241. The molecule has 2 nitrogen and oxygen atoms in total. The third-order valence-electron chi connectivity index (χ3n) is 5.34. The maximum absolute atomic E-state index is 6.26. The SMILES string of the molecule is CC1CCC(N2CCC(N)c3ccccc32)CC1C. The van der Waals surface area contributed by atoms with Crippen molar-refractivity contribution in [2.75, 3.05) is 11.4 Å². The van der Waals surface area contributed by atoms with Crippen LogP contribution < -0.4 is 10.6 Å². The molecule has 2 aliphatic rings. The van der Waals surface area contributed by atoms with Crippen molar-refractivity contribution in [3.05, 3.63) is 29.8 Å². The van der Waals surface area contributed by atoms with E-state index in [0.717, 1.165) is 30.8 Å². The first-order valence-electron chi connectivity index (χ1n) is 7.78. The van der Waals surface area contributed by atoms with Crippen LogP contribution in [0.4, 0.5) is 5.69 Å². The summed E-state index contributed by atoms with van der Waals surface area (Å²) in [7, 11) is 0. The fourth-order valence-corrected chi connectivity index (χ4v) is 3.80. The molecule has 1 aromatic carbocycles. The van der Waals surface area contributed by atoms with Gasteiger partial charge in [-0.3, -0.25) is 0 Å². The minimum absolute atomic E-state index is 0.229. The van der Waals surface area contributed by atoms with Gasteiger partial charge in [-0.25, -0.2) is 0 Å². The molecule has 1 aliphatic heterocycles. The first-order chi connectivity index (χ1) is 9.16. The van der Waals surface area contributed by atoms with Gasteiger partial charge in [-0.2, -0.15) is 0 Å². The standard InChI is InChI=1S/C17H26N2/c1-12-7-8-14(11-13(12)2)19-10-9-16(18)15-5-3-4-6-17(15)19/h3-6,12-14,16H,7-11,18H2,1-2H3. The number of benzene rings is 1. The van der Waals surface area contributed by atoms with E-state index in [1.54, 1.807) is 0 Å². The second-order valence-corrected chi connectivity index (χ2v) is 6.57. The van der Waals surface area contributed by atoms with Crippen LogP contribution in [0.2, 0.25) is 0 Å². The van der Waals surface area contributed by atoms with Crippen molar-refractivity contribution in [2.24, 2.45) is 17.6 Å². The Labute approximate surface area is 117 Å². The van der Waals surface area contributed by atoms with E-state index in [4.69, 9.17) is 5.73 Å². The van der Waals surface area contributed by atoms with Gasteiger partial charge in [0.2, 0.25) is 0 Å². The van der Waals surface area contributed by atoms with Gasteiger partial charge in [-0.05, 0) is 49.1 Å². The molecular weight excluding hydrogens is 232 g/mol. The fourth-order valence-electron chi connectivity index (χ4n) is 3.80. The van der Waals surface area contributed by atoms with E-state index in [1.165, 1.54) is 30.5 Å². The number of para-hydroxylation sites is 1. The normalized spacial score (nSPS) is 35.0. The lowest BCUT2D eigenvalue weighted by atomic mass is 9.78. The molecule has 3 rings (SSSR count). The highest BCUT2D eigenvalue weighted by Gasteiger charge is 2.32. The second kappa shape index (κ2) is 5.16. The van der Waals surface area contributed by atoms with E-state index in [0.29, 0.717) is 0 Å². The number of fused-ring (bicyclic) bond motifs is 1. The first-order valence-corrected chi connectivity index (χ1v) is 7.78. The van der Waals surface area contributed by atoms with Gasteiger partial charge in [0.1, 0.15) is 0 Å². The molecule has 0 spiro atoms. The van der Waals surface area contributed by atoms with Gasteiger partial charge < -0.3 is 10.6 Å². The van der Waals surface area contributed by atoms with Crippen LogP contribution in [-0.2, 0) is 0 Å². The number of hydrogen-bond acceptors (Lipinski definition) is 2. The maximum Gasteiger partial charge on any atom is 0.0417 e. The van der Waals surface area contributed by atoms with Gasteiger partial charge in [0.25, 0.3) is 0 Å². The lowest BCUT2D eigenvalue weighted by Gasteiger charge is -2.44. The summed E-state index contributed by atoms with van der Waals surface area (Å²) in [5, 5.41) is 0. The summed E-state index contributed by atoms with van der Waals surface area (Å²) in [5.41, 5.74) is 9.00. The summed E-state index contributed by atoms with van der Waals surface area (Å²) in [6, 6.07) is 9.69. The third-order valence-corrected chi connectivity index (χ3v) is 5.34. The molecule has 1 aliphatic carbocycles. The van der Waals surface area contributed by atoms with Crippen molar-refractivity contribution in [2.45, 2.75) is 51.6 Å². The number of nitrogens with two attached hydrogens (primary N) is 1. The summed E-state index contributed by atoms with van der Waals surface area (Å²) >= 11 is 0. The molecule has 104 valence electrons. The smallest absolute Gasteiger partial charge is 0.0417 e. The molecule has 2 N–H and O–H groups in total. The average molecular weight is 258 g/mol. The molecule has 1 aromatic rings. The number of rotatable bonds is 1. The number of hydrogen-bond donors (Lipinski definition) is 1. The van der Waals surface area contributed by atoms with Crippen molar-refractivity contribution in [1.82, 2.24) is 0 Å². The van der Waals surface area contributed by atoms with Crippen LogP contribution in [0, 0.1) is 11.8 Å². The largest absolute Gasteiger partial charge is 0.368 e. The highest BCUT2D eigenvalue weighted by atomic mass is 15.2. The molecule has 2 heteroatoms. The van der Waals surface area contributed by atoms with Gasteiger partial charge >= 0.3 is 0 Å². The van der Waals surface area contributed by atoms with Crippen molar-refractivity contribution in [1.29, 1.82) is 0 Å². The molecule has 0 saturated heterocycles. The zero-order chi connectivity index (χ0) is 13.4. The van der Waals surface area contributed by atoms with Crippen LogP contribution in [0.1, 0.15) is 51.1 Å². The summed E-state index contributed by atoms with van der Waals surface area (Å²) < 4.78 is 0. The molecular formula is C17H26N2. The Morgan fingerprint density at radius 3 is 2.63 bits per heavy atom. The Morgan fingerprint density at radius 2 is 1.84 bits per heavy atom. The molecule has 1 saturated carbocycles. The van der Waals surface area contributed by atoms with Crippen molar-refractivity contribution < 1.29 is 0 Å². The quantitative estimate of drug-likeness (QED) is 0.832. The van der Waals surface area contributed by atoms with Gasteiger partial charge in [0, 0.05) is 24.3 Å². The van der Waals surface area contributed by atoms with Gasteiger partial charge in [0.15, 0.2) is 0 Å². The maximum atomic E-state index is 6.26.